The molecule has 1 aliphatic rings. The van der Waals surface area contributed by atoms with Crippen molar-refractivity contribution in [2.24, 2.45) is 0 Å². The van der Waals surface area contributed by atoms with E-state index in [1.807, 2.05) is 50.2 Å². The van der Waals surface area contributed by atoms with Gasteiger partial charge in [0.2, 0.25) is 26.0 Å². The molecule has 8 nitrogen and oxygen atoms in total. The zero-order valence-corrected chi connectivity index (χ0v) is 19.6. The van der Waals surface area contributed by atoms with Crippen LogP contribution < -0.4 is 9.03 Å². The lowest BCUT2D eigenvalue weighted by molar-refractivity contribution is -0.116. The molecule has 1 saturated heterocycles. The van der Waals surface area contributed by atoms with Crippen molar-refractivity contribution in [2.45, 2.75) is 31.2 Å². The summed E-state index contributed by atoms with van der Waals surface area (Å²) in [6.45, 7) is 3.74. The standard InChI is InChI=1S/C21H27N3O5S2/c1-15-5-8-17(9-6-15)19(23(3)4)14-22-31(28,29)20-13-18(10-7-16(20)2)24-21(25)11-12-30(24,26)27/h5-10,13,19,22H,11-12,14H2,1-4H3/t19-/m1/s1. The fourth-order valence-corrected chi connectivity index (χ4v) is 6.28. The molecule has 1 fully saturated rings. The summed E-state index contributed by atoms with van der Waals surface area (Å²) >= 11 is 0. The molecule has 0 spiro atoms. The molecule has 31 heavy (non-hydrogen) atoms. The van der Waals surface area contributed by atoms with Gasteiger partial charge in [0.25, 0.3) is 0 Å². The van der Waals surface area contributed by atoms with E-state index < -0.39 is 26.0 Å². The van der Waals surface area contributed by atoms with E-state index in [0.717, 1.165) is 11.1 Å². The Kier molecular flexibility index (Phi) is 6.56. The average molecular weight is 466 g/mol. The molecule has 3 rings (SSSR count). The van der Waals surface area contributed by atoms with Gasteiger partial charge in [0.1, 0.15) is 0 Å². The Balaban J connectivity index is 1.89. The van der Waals surface area contributed by atoms with Gasteiger partial charge in [0.05, 0.1) is 16.3 Å². The highest BCUT2D eigenvalue weighted by Crippen LogP contribution is 2.29. The van der Waals surface area contributed by atoms with E-state index in [2.05, 4.69) is 4.72 Å². The van der Waals surface area contributed by atoms with Gasteiger partial charge in [0, 0.05) is 19.0 Å². The summed E-state index contributed by atoms with van der Waals surface area (Å²) in [5, 5.41) is 0. The number of sulfonamides is 2. The Morgan fingerprint density at radius 3 is 2.29 bits per heavy atom. The third-order valence-electron chi connectivity index (χ3n) is 5.33. The van der Waals surface area contributed by atoms with Crippen molar-refractivity contribution in [2.75, 3.05) is 30.7 Å². The number of carbonyl (C=O) groups is 1. The highest BCUT2D eigenvalue weighted by Gasteiger charge is 2.37. The van der Waals surface area contributed by atoms with Crippen molar-refractivity contribution < 1.29 is 21.6 Å². The summed E-state index contributed by atoms with van der Waals surface area (Å²) in [5.74, 6) is -0.839. The molecule has 1 N–H and O–H groups in total. The van der Waals surface area contributed by atoms with Gasteiger partial charge >= 0.3 is 0 Å². The Bertz CT molecular complexity index is 1190. The smallest absolute Gasteiger partial charge is 0.242 e. The van der Waals surface area contributed by atoms with Crippen LogP contribution in [0, 0.1) is 13.8 Å². The van der Waals surface area contributed by atoms with Crippen molar-refractivity contribution in [3.63, 3.8) is 0 Å². The monoisotopic (exact) mass is 465 g/mol. The van der Waals surface area contributed by atoms with Crippen molar-refractivity contribution in [1.82, 2.24) is 9.62 Å². The second-order valence-electron chi connectivity index (χ2n) is 7.92. The highest BCUT2D eigenvalue weighted by molar-refractivity contribution is 7.94. The molecule has 2 aromatic carbocycles. The van der Waals surface area contributed by atoms with Crippen LogP contribution in [0.3, 0.4) is 0 Å². The summed E-state index contributed by atoms with van der Waals surface area (Å²) in [6, 6.07) is 11.9. The molecular formula is C21H27N3O5S2. The zero-order chi connectivity index (χ0) is 23.0. The molecule has 0 saturated carbocycles. The van der Waals surface area contributed by atoms with Crippen LogP contribution in [0.4, 0.5) is 5.69 Å². The predicted octanol–water partition coefficient (Wildman–Crippen LogP) is 1.95. The molecule has 1 heterocycles. The number of aryl methyl sites for hydroxylation is 2. The quantitative estimate of drug-likeness (QED) is 0.670. The molecule has 1 aliphatic heterocycles. The van der Waals surface area contributed by atoms with Gasteiger partial charge < -0.3 is 4.90 Å². The number of likely N-dealkylation sites (N-methyl/N-ethyl adjacent to an activating group) is 1. The maximum Gasteiger partial charge on any atom is 0.242 e. The summed E-state index contributed by atoms with van der Waals surface area (Å²) in [7, 11) is -3.99. The fraction of sp³-hybridized carbons (Fsp3) is 0.381. The van der Waals surface area contributed by atoms with Gasteiger partial charge in [-0.05, 0) is 51.2 Å². The molecular weight excluding hydrogens is 438 g/mol. The van der Waals surface area contributed by atoms with E-state index in [1.165, 1.54) is 18.2 Å². The number of nitrogens with one attached hydrogen (secondary N) is 1. The molecule has 0 aromatic heterocycles. The molecule has 2 aromatic rings. The summed E-state index contributed by atoms with van der Waals surface area (Å²) in [6.07, 6.45) is -0.113. The van der Waals surface area contributed by atoms with Gasteiger partial charge in [-0.2, -0.15) is 0 Å². The molecule has 0 bridgehead atoms. The number of nitrogens with zero attached hydrogens (tertiary/aromatic N) is 2. The number of benzene rings is 2. The summed E-state index contributed by atoms with van der Waals surface area (Å²) < 4.78 is 54.0. The molecule has 0 radical (unpaired) electrons. The summed E-state index contributed by atoms with van der Waals surface area (Å²) in [5.41, 5.74) is 2.58. The average Bonchev–Trinajstić information content (AvgIpc) is 2.96. The maximum absolute atomic E-state index is 13.1. The Morgan fingerprint density at radius 1 is 1.10 bits per heavy atom. The minimum Gasteiger partial charge on any atom is -0.301 e. The van der Waals surface area contributed by atoms with Crippen LogP contribution in [-0.4, -0.2) is 54.0 Å². The lowest BCUT2D eigenvalue weighted by atomic mass is 10.0. The molecule has 1 amide bonds. The lowest BCUT2D eigenvalue weighted by Gasteiger charge is -2.25. The fourth-order valence-electron chi connectivity index (χ4n) is 3.53. The van der Waals surface area contributed by atoms with E-state index >= 15 is 0 Å². The van der Waals surface area contributed by atoms with E-state index in [4.69, 9.17) is 0 Å². The van der Waals surface area contributed by atoms with Crippen LogP contribution in [0.5, 0.6) is 0 Å². The lowest BCUT2D eigenvalue weighted by Crippen LogP contribution is -2.35. The van der Waals surface area contributed by atoms with Gasteiger partial charge in [-0.3, -0.25) is 4.79 Å². The maximum atomic E-state index is 13.1. The number of amides is 1. The molecule has 1 atom stereocenters. The predicted molar refractivity (Wildman–Crippen MR) is 120 cm³/mol. The second kappa shape index (κ2) is 8.70. The number of carbonyl (C=O) groups excluding carboxylic acids is 1. The summed E-state index contributed by atoms with van der Waals surface area (Å²) in [4.78, 5) is 14.0. The largest absolute Gasteiger partial charge is 0.301 e. The van der Waals surface area contributed by atoms with Crippen LogP contribution in [0.2, 0.25) is 0 Å². The Hall–Kier alpha value is -2.27. The van der Waals surface area contributed by atoms with Gasteiger partial charge in [-0.25, -0.2) is 25.9 Å². The number of hydrogen-bond donors (Lipinski definition) is 1. The van der Waals surface area contributed by atoms with Crippen LogP contribution in [0.1, 0.15) is 29.2 Å². The van der Waals surface area contributed by atoms with Crippen LogP contribution in [0.15, 0.2) is 47.4 Å². The number of rotatable bonds is 7. The molecule has 0 unspecified atom stereocenters. The van der Waals surface area contributed by atoms with Crippen LogP contribution >= 0.6 is 0 Å². The Morgan fingerprint density at radius 2 is 1.74 bits per heavy atom. The topological polar surface area (TPSA) is 104 Å². The van der Waals surface area contributed by atoms with Gasteiger partial charge in [0.15, 0.2) is 0 Å². The third kappa shape index (κ3) is 4.98. The minimum absolute atomic E-state index is 0.0381. The first kappa shape index (κ1) is 23.4. The van der Waals surface area contributed by atoms with Crippen molar-refractivity contribution in [3.05, 3.63) is 59.2 Å². The molecule has 0 aliphatic carbocycles. The normalized spacial score (nSPS) is 17.3. The van der Waals surface area contributed by atoms with Crippen LogP contribution in [-0.2, 0) is 24.8 Å². The molecule has 168 valence electrons. The van der Waals surface area contributed by atoms with Crippen molar-refractivity contribution in [1.29, 1.82) is 0 Å². The van der Waals surface area contributed by atoms with Gasteiger partial charge in [-0.1, -0.05) is 35.9 Å². The first-order valence-corrected chi connectivity index (χ1v) is 12.9. The van der Waals surface area contributed by atoms with Crippen molar-refractivity contribution in [3.8, 4) is 0 Å². The second-order valence-corrected chi connectivity index (χ2v) is 11.6. The first-order chi connectivity index (χ1) is 14.4. The van der Waals surface area contributed by atoms with Crippen LogP contribution in [0.25, 0.3) is 0 Å². The third-order valence-corrected chi connectivity index (χ3v) is 8.58. The first-order valence-electron chi connectivity index (χ1n) is 9.81. The van der Waals surface area contributed by atoms with Gasteiger partial charge in [-0.15, -0.1) is 0 Å². The highest BCUT2D eigenvalue weighted by atomic mass is 32.2. The SMILES string of the molecule is Cc1ccc([C@@H](CNS(=O)(=O)c2cc(N3C(=O)CCS3(=O)=O)ccc2C)N(C)C)cc1. The zero-order valence-electron chi connectivity index (χ0n) is 18.0. The van der Waals surface area contributed by atoms with E-state index in [1.54, 1.807) is 6.92 Å². The van der Waals surface area contributed by atoms with Crippen molar-refractivity contribution >= 4 is 31.6 Å². The van der Waals surface area contributed by atoms with E-state index in [9.17, 15) is 21.6 Å². The number of hydrogen-bond acceptors (Lipinski definition) is 6. The van der Waals surface area contributed by atoms with E-state index in [-0.39, 0.29) is 35.3 Å². The molecule has 10 heteroatoms. The Labute approximate surface area is 184 Å². The van der Waals surface area contributed by atoms with E-state index in [0.29, 0.717) is 9.87 Å². The number of anilines is 1. The minimum atomic E-state index is -3.95.